The van der Waals surface area contributed by atoms with E-state index in [2.05, 4.69) is 5.32 Å². The summed E-state index contributed by atoms with van der Waals surface area (Å²) in [5, 5.41) is 20.9. The number of aliphatic carboxylic acids is 1. The van der Waals surface area contributed by atoms with Crippen LogP contribution in [0.3, 0.4) is 0 Å². The molecule has 0 fully saturated rings. The van der Waals surface area contributed by atoms with Gasteiger partial charge in [0.15, 0.2) is 0 Å². The van der Waals surface area contributed by atoms with Crippen molar-refractivity contribution in [2.45, 2.75) is 40.2 Å². The molecule has 0 saturated carbocycles. The number of hydrogen-bond acceptors (Lipinski definition) is 3. The zero-order valence-corrected chi connectivity index (χ0v) is 10.9. The highest BCUT2D eigenvalue weighted by Crippen LogP contribution is 2.11. The normalized spacial score (nSPS) is 16.4. The summed E-state index contributed by atoms with van der Waals surface area (Å²) in [4.78, 5) is 22.3. The first-order valence-electron chi connectivity index (χ1n) is 5.94. The standard InChI is InChI=1S/C12H23NO4/c1-7(2)5-10(14)6-13-11(15)8(3)9(4)12(16)17/h7-10,14H,5-6H2,1-4H3,(H,13,15)(H,16,17). The summed E-state index contributed by atoms with van der Waals surface area (Å²) in [6.07, 6.45) is 0.0367. The van der Waals surface area contributed by atoms with Crippen LogP contribution in [-0.2, 0) is 9.59 Å². The van der Waals surface area contributed by atoms with Gasteiger partial charge in [-0.15, -0.1) is 0 Å². The van der Waals surface area contributed by atoms with Crippen molar-refractivity contribution >= 4 is 11.9 Å². The Kier molecular flexibility index (Phi) is 6.80. The minimum atomic E-state index is -0.990. The van der Waals surface area contributed by atoms with E-state index < -0.39 is 23.9 Å². The summed E-state index contributed by atoms with van der Waals surface area (Å²) in [5.41, 5.74) is 0. The lowest BCUT2D eigenvalue weighted by Crippen LogP contribution is -2.39. The van der Waals surface area contributed by atoms with Gasteiger partial charge in [-0.25, -0.2) is 0 Å². The van der Waals surface area contributed by atoms with E-state index in [0.717, 1.165) is 0 Å². The molecule has 17 heavy (non-hydrogen) atoms. The number of aliphatic hydroxyl groups excluding tert-OH is 1. The third kappa shape index (κ3) is 6.26. The number of carbonyl (C=O) groups is 2. The van der Waals surface area contributed by atoms with E-state index in [-0.39, 0.29) is 12.5 Å². The van der Waals surface area contributed by atoms with E-state index in [1.54, 1.807) is 6.92 Å². The first kappa shape index (κ1) is 15.9. The Labute approximate surface area is 102 Å². The van der Waals surface area contributed by atoms with E-state index in [4.69, 9.17) is 5.11 Å². The van der Waals surface area contributed by atoms with Crippen LogP contribution in [0.15, 0.2) is 0 Å². The maximum absolute atomic E-state index is 11.6. The molecule has 5 nitrogen and oxygen atoms in total. The van der Waals surface area contributed by atoms with E-state index in [1.165, 1.54) is 6.92 Å². The number of rotatable bonds is 7. The molecule has 0 aliphatic heterocycles. The highest BCUT2D eigenvalue weighted by atomic mass is 16.4. The van der Waals surface area contributed by atoms with Gasteiger partial charge >= 0.3 is 5.97 Å². The summed E-state index contributed by atoms with van der Waals surface area (Å²) in [7, 11) is 0. The van der Waals surface area contributed by atoms with Crippen molar-refractivity contribution in [2.75, 3.05) is 6.54 Å². The van der Waals surface area contributed by atoms with Crippen molar-refractivity contribution in [3.05, 3.63) is 0 Å². The van der Waals surface area contributed by atoms with Crippen molar-refractivity contribution in [3.8, 4) is 0 Å². The molecule has 0 aromatic carbocycles. The second-order valence-electron chi connectivity index (χ2n) is 4.94. The minimum Gasteiger partial charge on any atom is -0.481 e. The lowest BCUT2D eigenvalue weighted by atomic mass is 9.95. The Morgan fingerprint density at radius 1 is 1.12 bits per heavy atom. The monoisotopic (exact) mass is 245 g/mol. The second kappa shape index (κ2) is 7.27. The molecule has 0 radical (unpaired) electrons. The Balaban J connectivity index is 4.05. The molecular weight excluding hydrogens is 222 g/mol. The molecule has 0 bridgehead atoms. The van der Waals surface area contributed by atoms with Crippen molar-refractivity contribution in [2.24, 2.45) is 17.8 Å². The van der Waals surface area contributed by atoms with Gasteiger partial charge < -0.3 is 15.5 Å². The molecular formula is C12H23NO4. The second-order valence-corrected chi connectivity index (χ2v) is 4.94. The summed E-state index contributed by atoms with van der Waals surface area (Å²) >= 11 is 0. The van der Waals surface area contributed by atoms with Crippen LogP contribution in [0.5, 0.6) is 0 Å². The van der Waals surface area contributed by atoms with Crippen LogP contribution in [0.2, 0.25) is 0 Å². The van der Waals surface area contributed by atoms with Gasteiger partial charge in [0.05, 0.1) is 12.0 Å². The molecule has 0 aliphatic rings. The molecule has 0 aromatic heterocycles. The highest BCUT2D eigenvalue weighted by Gasteiger charge is 2.25. The van der Waals surface area contributed by atoms with Gasteiger partial charge in [-0.05, 0) is 12.3 Å². The van der Waals surface area contributed by atoms with E-state index in [0.29, 0.717) is 12.3 Å². The lowest BCUT2D eigenvalue weighted by molar-refractivity contribution is -0.146. The molecule has 3 atom stereocenters. The van der Waals surface area contributed by atoms with Gasteiger partial charge in [-0.1, -0.05) is 27.7 Å². The van der Waals surface area contributed by atoms with Gasteiger partial charge in [0.25, 0.3) is 0 Å². The first-order valence-corrected chi connectivity index (χ1v) is 5.94. The molecule has 5 heteroatoms. The SMILES string of the molecule is CC(C)CC(O)CNC(=O)C(C)C(C)C(=O)O. The molecule has 0 rings (SSSR count). The van der Waals surface area contributed by atoms with Crippen LogP contribution in [0, 0.1) is 17.8 Å². The topological polar surface area (TPSA) is 86.6 Å². The van der Waals surface area contributed by atoms with Crippen LogP contribution in [0.1, 0.15) is 34.1 Å². The average molecular weight is 245 g/mol. The van der Waals surface area contributed by atoms with Gasteiger partial charge in [0.2, 0.25) is 5.91 Å². The van der Waals surface area contributed by atoms with Crippen LogP contribution in [0.4, 0.5) is 0 Å². The summed E-state index contributed by atoms with van der Waals surface area (Å²) in [5.74, 6) is -2.29. The highest BCUT2D eigenvalue weighted by molar-refractivity contribution is 5.84. The Morgan fingerprint density at radius 3 is 2.06 bits per heavy atom. The molecule has 0 aliphatic carbocycles. The van der Waals surface area contributed by atoms with Gasteiger partial charge in [-0.2, -0.15) is 0 Å². The largest absolute Gasteiger partial charge is 0.481 e. The van der Waals surface area contributed by atoms with E-state index in [1.807, 2.05) is 13.8 Å². The Bertz CT molecular complexity index is 265. The average Bonchev–Trinajstić information content (AvgIpc) is 2.22. The third-order valence-electron chi connectivity index (χ3n) is 2.81. The minimum absolute atomic E-state index is 0.174. The maximum atomic E-state index is 11.6. The molecule has 0 saturated heterocycles. The summed E-state index contributed by atoms with van der Waals surface area (Å²) in [6, 6.07) is 0. The number of carbonyl (C=O) groups excluding carboxylic acids is 1. The third-order valence-corrected chi connectivity index (χ3v) is 2.81. The number of carboxylic acids is 1. The number of nitrogens with one attached hydrogen (secondary N) is 1. The van der Waals surface area contributed by atoms with Crippen LogP contribution >= 0.6 is 0 Å². The fraction of sp³-hybridized carbons (Fsp3) is 0.833. The van der Waals surface area contributed by atoms with Crippen molar-refractivity contribution in [1.82, 2.24) is 5.32 Å². The lowest BCUT2D eigenvalue weighted by Gasteiger charge is -2.18. The van der Waals surface area contributed by atoms with Gasteiger partial charge in [0.1, 0.15) is 0 Å². The molecule has 1 amide bonds. The predicted octanol–water partition coefficient (Wildman–Crippen LogP) is 0.866. The van der Waals surface area contributed by atoms with Gasteiger partial charge in [-0.3, -0.25) is 9.59 Å². The molecule has 0 heterocycles. The number of hydrogen-bond donors (Lipinski definition) is 3. The smallest absolute Gasteiger partial charge is 0.307 e. The fourth-order valence-electron chi connectivity index (χ4n) is 1.45. The fourth-order valence-corrected chi connectivity index (χ4v) is 1.45. The van der Waals surface area contributed by atoms with Crippen LogP contribution in [-0.4, -0.2) is 34.7 Å². The van der Waals surface area contributed by atoms with Crippen molar-refractivity contribution in [1.29, 1.82) is 0 Å². The van der Waals surface area contributed by atoms with Crippen molar-refractivity contribution < 1.29 is 19.8 Å². The molecule has 0 aromatic rings. The quantitative estimate of drug-likeness (QED) is 0.621. The molecule has 3 N–H and O–H groups in total. The number of aliphatic hydroxyl groups is 1. The zero-order valence-electron chi connectivity index (χ0n) is 10.9. The first-order chi connectivity index (χ1) is 7.75. The van der Waals surface area contributed by atoms with E-state index >= 15 is 0 Å². The Hall–Kier alpha value is -1.10. The summed E-state index contributed by atoms with van der Waals surface area (Å²) < 4.78 is 0. The maximum Gasteiger partial charge on any atom is 0.307 e. The number of carboxylic acid groups (broad SMARTS) is 1. The Morgan fingerprint density at radius 2 is 1.65 bits per heavy atom. The molecule has 100 valence electrons. The van der Waals surface area contributed by atoms with Crippen LogP contribution in [0.25, 0.3) is 0 Å². The predicted molar refractivity (Wildman–Crippen MR) is 64.4 cm³/mol. The van der Waals surface area contributed by atoms with Crippen molar-refractivity contribution in [3.63, 3.8) is 0 Å². The zero-order chi connectivity index (χ0) is 13.6. The molecule has 0 spiro atoms. The summed E-state index contributed by atoms with van der Waals surface area (Å²) in [6.45, 7) is 7.22. The van der Waals surface area contributed by atoms with Gasteiger partial charge in [0, 0.05) is 12.5 Å². The van der Waals surface area contributed by atoms with Crippen LogP contribution < -0.4 is 5.32 Å². The molecule has 3 unspecified atom stereocenters. The number of amides is 1. The van der Waals surface area contributed by atoms with E-state index in [9.17, 15) is 14.7 Å².